The summed E-state index contributed by atoms with van der Waals surface area (Å²) in [5.74, 6) is -1.27. The number of halogens is 1. The predicted molar refractivity (Wildman–Crippen MR) is 71.7 cm³/mol. The molecular weight excluding hydrogens is 268 g/mol. The third-order valence-electron chi connectivity index (χ3n) is 2.98. The van der Waals surface area contributed by atoms with Gasteiger partial charge in [-0.05, 0) is 37.6 Å². The second kappa shape index (κ2) is 6.04. The van der Waals surface area contributed by atoms with E-state index in [0.29, 0.717) is 24.6 Å². The Labute approximate surface area is 116 Å². The number of rotatable bonds is 4. The van der Waals surface area contributed by atoms with E-state index in [1.54, 1.807) is 36.1 Å². The number of carbonyl (C=O) groups excluding carboxylic acids is 2. The molecule has 1 atom stereocenters. The van der Waals surface area contributed by atoms with Gasteiger partial charge in [-0.1, -0.05) is 11.6 Å². The summed E-state index contributed by atoms with van der Waals surface area (Å²) in [6, 6.07) is 6.97. The number of amides is 2. The first kappa shape index (κ1) is 13.8. The Balaban J connectivity index is 2.05. The molecule has 1 aromatic carbocycles. The largest absolute Gasteiger partial charge is 0.312 e. The number of anilines is 1. The molecule has 2 rings (SSSR count). The lowest BCUT2D eigenvalue weighted by Crippen LogP contribution is -2.36. The van der Waals surface area contributed by atoms with Gasteiger partial charge in [0.1, 0.15) is 5.92 Å². The van der Waals surface area contributed by atoms with E-state index in [-0.39, 0.29) is 11.8 Å². The first-order valence-corrected chi connectivity index (χ1v) is 6.50. The lowest BCUT2D eigenvalue weighted by Gasteiger charge is -2.16. The van der Waals surface area contributed by atoms with Crippen molar-refractivity contribution in [2.45, 2.75) is 13.3 Å². The molecule has 1 N–H and O–H groups in total. The van der Waals surface area contributed by atoms with Gasteiger partial charge in [0.2, 0.25) is 5.91 Å². The molecule has 2 amide bonds. The van der Waals surface area contributed by atoms with Crippen molar-refractivity contribution in [2.24, 2.45) is 5.92 Å². The van der Waals surface area contributed by atoms with Crippen LogP contribution in [0, 0.1) is 5.92 Å². The van der Waals surface area contributed by atoms with Crippen LogP contribution < -0.4 is 10.4 Å². The highest BCUT2D eigenvalue weighted by Gasteiger charge is 2.37. The van der Waals surface area contributed by atoms with Crippen molar-refractivity contribution in [3.63, 3.8) is 0 Å². The van der Waals surface area contributed by atoms with Crippen LogP contribution >= 0.6 is 11.6 Å². The predicted octanol–water partition coefficient (Wildman–Crippen LogP) is 1.76. The monoisotopic (exact) mass is 282 g/mol. The van der Waals surface area contributed by atoms with Crippen LogP contribution in [0.2, 0.25) is 5.02 Å². The van der Waals surface area contributed by atoms with Crippen molar-refractivity contribution in [2.75, 3.05) is 18.1 Å². The molecule has 19 heavy (non-hydrogen) atoms. The minimum Gasteiger partial charge on any atom is -0.312 e. The summed E-state index contributed by atoms with van der Waals surface area (Å²) in [7, 11) is 0. The first-order chi connectivity index (χ1) is 9.13. The van der Waals surface area contributed by atoms with Crippen LogP contribution in [0.3, 0.4) is 0 Å². The van der Waals surface area contributed by atoms with Crippen molar-refractivity contribution in [3.05, 3.63) is 29.3 Å². The topological polar surface area (TPSA) is 58.6 Å². The molecule has 102 valence electrons. The van der Waals surface area contributed by atoms with E-state index in [0.717, 1.165) is 5.69 Å². The summed E-state index contributed by atoms with van der Waals surface area (Å²) in [4.78, 5) is 30.3. The van der Waals surface area contributed by atoms with Gasteiger partial charge in [-0.25, -0.2) is 5.48 Å². The Morgan fingerprint density at radius 1 is 1.47 bits per heavy atom. The van der Waals surface area contributed by atoms with Crippen LogP contribution in [0.1, 0.15) is 13.3 Å². The van der Waals surface area contributed by atoms with E-state index in [1.807, 2.05) is 0 Å². The van der Waals surface area contributed by atoms with Crippen LogP contribution in [0.4, 0.5) is 5.69 Å². The maximum absolute atomic E-state index is 12.2. The van der Waals surface area contributed by atoms with E-state index in [4.69, 9.17) is 16.4 Å². The van der Waals surface area contributed by atoms with Crippen molar-refractivity contribution >= 4 is 29.1 Å². The summed E-state index contributed by atoms with van der Waals surface area (Å²) in [5.41, 5.74) is 3.03. The van der Waals surface area contributed by atoms with Crippen molar-refractivity contribution in [1.82, 2.24) is 5.48 Å². The number of hydroxylamine groups is 1. The summed E-state index contributed by atoms with van der Waals surface area (Å²) >= 11 is 5.81. The molecular formula is C13H15ClN2O3. The molecule has 1 aliphatic rings. The lowest BCUT2D eigenvalue weighted by molar-refractivity contribution is -0.141. The number of carbonyl (C=O) groups is 2. The van der Waals surface area contributed by atoms with Crippen molar-refractivity contribution in [3.8, 4) is 0 Å². The summed E-state index contributed by atoms with van der Waals surface area (Å²) in [6.07, 6.45) is 0.486. The minimum absolute atomic E-state index is 0.209. The van der Waals surface area contributed by atoms with Gasteiger partial charge in [-0.3, -0.25) is 14.4 Å². The molecule has 0 bridgehead atoms. The molecule has 6 heteroatoms. The molecule has 1 aliphatic heterocycles. The van der Waals surface area contributed by atoms with Crippen LogP contribution in [0.5, 0.6) is 0 Å². The van der Waals surface area contributed by atoms with Gasteiger partial charge in [-0.15, -0.1) is 0 Å². The van der Waals surface area contributed by atoms with Gasteiger partial charge < -0.3 is 4.90 Å². The normalized spacial score (nSPS) is 18.7. The number of nitrogens with one attached hydrogen (secondary N) is 1. The van der Waals surface area contributed by atoms with E-state index < -0.39 is 5.92 Å². The SMILES string of the molecule is CCONC(=O)[C@H]1CCN(c2ccc(Cl)cc2)C1=O. The lowest BCUT2D eigenvalue weighted by atomic mass is 10.1. The summed E-state index contributed by atoms with van der Waals surface area (Å²) in [5, 5.41) is 0.612. The van der Waals surface area contributed by atoms with Crippen molar-refractivity contribution < 1.29 is 14.4 Å². The second-order valence-corrected chi connectivity index (χ2v) is 4.64. The van der Waals surface area contributed by atoms with E-state index in [9.17, 15) is 9.59 Å². The highest BCUT2D eigenvalue weighted by Crippen LogP contribution is 2.26. The van der Waals surface area contributed by atoms with Gasteiger partial charge in [0.15, 0.2) is 0 Å². The molecule has 0 saturated carbocycles. The Morgan fingerprint density at radius 3 is 2.79 bits per heavy atom. The smallest absolute Gasteiger partial charge is 0.256 e. The molecule has 0 unspecified atom stereocenters. The quantitative estimate of drug-likeness (QED) is 0.676. The fraction of sp³-hybridized carbons (Fsp3) is 0.385. The number of benzene rings is 1. The van der Waals surface area contributed by atoms with Crippen molar-refractivity contribution in [1.29, 1.82) is 0 Å². The first-order valence-electron chi connectivity index (χ1n) is 6.12. The summed E-state index contributed by atoms with van der Waals surface area (Å²) in [6.45, 7) is 2.65. The zero-order valence-electron chi connectivity index (χ0n) is 10.6. The number of hydrogen-bond acceptors (Lipinski definition) is 3. The molecule has 1 heterocycles. The summed E-state index contributed by atoms with van der Waals surface area (Å²) < 4.78 is 0. The molecule has 0 aliphatic carbocycles. The number of hydrogen-bond donors (Lipinski definition) is 1. The fourth-order valence-electron chi connectivity index (χ4n) is 2.02. The van der Waals surface area contributed by atoms with Gasteiger partial charge in [0.05, 0.1) is 6.61 Å². The van der Waals surface area contributed by atoms with Crippen LogP contribution in [0.25, 0.3) is 0 Å². The van der Waals surface area contributed by atoms with Gasteiger partial charge in [0.25, 0.3) is 5.91 Å². The van der Waals surface area contributed by atoms with E-state index >= 15 is 0 Å². The zero-order chi connectivity index (χ0) is 13.8. The molecule has 1 fully saturated rings. The Kier molecular flexibility index (Phi) is 4.39. The molecule has 1 saturated heterocycles. The fourth-order valence-corrected chi connectivity index (χ4v) is 2.14. The van der Waals surface area contributed by atoms with Crippen LogP contribution in [-0.4, -0.2) is 25.0 Å². The number of nitrogens with zero attached hydrogens (tertiary/aromatic N) is 1. The van der Waals surface area contributed by atoms with Gasteiger partial charge in [-0.2, -0.15) is 0 Å². The Morgan fingerprint density at radius 2 is 2.16 bits per heavy atom. The van der Waals surface area contributed by atoms with E-state index in [2.05, 4.69) is 5.48 Å². The molecule has 0 radical (unpaired) electrons. The molecule has 0 spiro atoms. The Hall–Kier alpha value is -1.59. The third kappa shape index (κ3) is 3.05. The highest BCUT2D eigenvalue weighted by molar-refractivity contribution is 6.30. The molecule has 0 aromatic heterocycles. The average molecular weight is 283 g/mol. The van der Waals surface area contributed by atoms with Crippen LogP contribution in [0.15, 0.2) is 24.3 Å². The third-order valence-corrected chi connectivity index (χ3v) is 3.23. The maximum atomic E-state index is 12.2. The van der Waals surface area contributed by atoms with Gasteiger partial charge in [0, 0.05) is 17.3 Å². The van der Waals surface area contributed by atoms with E-state index in [1.165, 1.54) is 0 Å². The average Bonchev–Trinajstić information content (AvgIpc) is 2.79. The standard InChI is InChI=1S/C13H15ClN2O3/c1-2-19-15-12(17)11-7-8-16(13(11)18)10-5-3-9(14)4-6-10/h3-6,11H,2,7-8H2,1H3,(H,15,17)/t11-/m1/s1. The molecule has 1 aromatic rings. The minimum atomic E-state index is -0.678. The zero-order valence-corrected chi connectivity index (χ0v) is 11.3. The second-order valence-electron chi connectivity index (χ2n) is 4.21. The highest BCUT2D eigenvalue weighted by atomic mass is 35.5. The van der Waals surface area contributed by atoms with Crippen LogP contribution in [-0.2, 0) is 14.4 Å². The van der Waals surface area contributed by atoms with Gasteiger partial charge >= 0.3 is 0 Å². The Bertz CT molecular complexity index is 475. The molecule has 5 nitrogen and oxygen atoms in total. The maximum Gasteiger partial charge on any atom is 0.256 e.